The first-order chi connectivity index (χ1) is 15.0. The number of rotatable bonds is 6. The maximum Gasteiger partial charge on any atom is 0.262 e. The van der Waals surface area contributed by atoms with E-state index in [0.29, 0.717) is 34.7 Å². The molecule has 0 aliphatic heterocycles. The Morgan fingerprint density at radius 1 is 1.26 bits per heavy atom. The molecule has 2 aromatic heterocycles. The van der Waals surface area contributed by atoms with Gasteiger partial charge in [-0.3, -0.25) is 14.2 Å². The van der Waals surface area contributed by atoms with Gasteiger partial charge >= 0.3 is 0 Å². The Balaban J connectivity index is 1.61. The van der Waals surface area contributed by atoms with Gasteiger partial charge in [-0.15, -0.1) is 0 Å². The van der Waals surface area contributed by atoms with Crippen LogP contribution >= 0.6 is 11.8 Å². The number of carbonyl (C=O) groups excluding carboxylic acids is 1. The fraction of sp³-hybridized carbons (Fsp3) is 0.391. The van der Waals surface area contributed by atoms with E-state index >= 15 is 0 Å². The van der Waals surface area contributed by atoms with Gasteiger partial charge in [-0.1, -0.05) is 43.2 Å². The number of amides is 1. The molecule has 1 amide bonds. The molecule has 31 heavy (non-hydrogen) atoms. The predicted octanol–water partition coefficient (Wildman–Crippen LogP) is 3.81. The van der Waals surface area contributed by atoms with Crippen LogP contribution in [0.1, 0.15) is 37.9 Å². The molecule has 0 spiro atoms. The van der Waals surface area contributed by atoms with Crippen molar-refractivity contribution in [2.24, 2.45) is 0 Å². The Bertz CT molecular complexity index is 1170. The van der Waals surface area contributed by atoms with Gasteiger partial charge in [0.05, 0.1) is 35.5 Å². The molecule has 2 heterocycles. The van der Waals surface area contributed by atoms with Crippen molar-refractivity contribution in [3.63, 3.8) is 0 Å². The van der Waals surface area contributed by atoms with Crippen LogP contribution in [0.25, 0.3) is 10.9 Å². The zero-order valence-corrected chi connectivity index (χ0v) is 18.2. The fourth-order valence-electron chi connectivity index (χ4n) is 4.08. The number of nitrogens with zero attached hydrogens (tertiary/aromatic N) is 4. The number of nitriles is 1. The van der Waals surface area contributed by atoms with Gasteiger partial charge in [0.2, 0.25) is 5.91 Å². The Labute approximate surface area is 184 Å². The molecule has 8 heteroatoms. The number of benzene rings is 1. The number of aromatic nitrogens is 2. The van der Waals surface area contributed by atoms with Crippen LogP contribution in [0.5, 0.6) is 0 Å². The van der Waals surface area contributed by atoms with Crippen molar-refractivity contribution in [2.45, 2.75) is 49.3 Å². The van der Waals surface area contributed by atoms with Crippen LogP contribution in [0, 0.1) is 11.3 Å². The first kappa shape index (κ1) is 21.2. The summed E-state index contributed by atoms with van der Waals surface area (Å²) in [6.45, 7) is 0.234. The Hall–Kier alpha value is -3.05. The smallest absolute Gasteiger partial charge is 0.262 e. The molecule has 0 radical (unpaired) electrons. The summed E-state index contributed by atoms with van der Waals surface area (Å²) in [6, 6.07) is 13.1. The van der Waals surface area contributed by atoms with Gasteiger partial charge < -0.3 is 9.32 Å². The van der Waals surface area contributed by atoms with Gasteiger partial charge in [0.1, 0.15) is 11.3 Å². The number of hydrogen-bond donors (Lipinski definition) is 0. The maximum atomic E-state index is 13.1. The molecule has 160 valence electrons. The van der Waals surface area contributed by atoms with Gasteiger partial charge in [0.15, 0.2) is 5.16 Å². The molecule has 4 rings (SSSR count). The molecule has 1 aliphatic carbocycles. The van der Waals surface area contributed by atoms with Crippen molar-refractivity contribution in [1.29, 1.82) is 5.26 Å². The average molecular weight is 437 g/mol. The van der Waals surface area contributed by atoms with Crippen molar-refractivity contribution >= 4 is 28.6 Å². The van der Waals surface area contributed by atoms with Crippen LogP contribution in [-0.2, 0) is 11.3 Å². The fourth-order valence-corrected chi connectivity index (χ4v) is 4.99. The predicted molar refractivity (Wildman–Crippen MR) is 119 cm³/mol. The third-order valence-corrected chi connectivity index (χ3v) is 6.91. The quantitative estimate of drug-likeness (QED) is 0.431. The maximum absolute atomic E-state index is 13.1. The highest BCUT2D eigenvalue weighted by molar-refractivity contribution is 7.99. The van der Waals surface area contributed by atoms with Gasteiger partial charge in [-0.2, -0.15) is 5.26 Å². The third kappa shape index (κ3) is 4.23. The van der Waals surface area contributed by atoms with Crippen molar-refractivity contribution in [3.05, 3.63) is 58.8 Å². The summed E-state index contributed by atoms with van der Waals surface area (Å²) in [4.78, 5) is 32.3. The molecule has 3 aromatic rings. The van der Waals surface area contributed by atoms with E-state index in [0.717, 1.165) is 19.3 Å². The number of fused-ring (bicyclic) bond motifs is 1. The summed E-state index contributed by atoms with van der Waals surface area (Å²) >= 11 is 1.22. The lowest BCUT2D eigenvalue weighted by atomic mass is 9.81. The Kier molecular flexibility index (Phi) is 6.14. The van der Waals surface area contributed by atoms with Crippen LogP contribution < -0.4 is 5.56 Å². The summed E-state index contributed by atoms with van der Waals surface area (Å²) < 4.78 is 6.96. The van der Waals surface area contributed by atoms with E-state index in [2.05, 4.69) is 11.1 Å². The van der Waals surface area contributed by atoms with E-state index in [-0.39, 0.29) is 23.8 Å². The van der Waals surface area contributed by atoms with Crippen LogP contribution in [-0.4, -0.2) is 38.7 Å². The molecule has 0 N–H and O–H groups in total. The van der Waals surface area contributed by atoms with Crippen molar-refractivity contribution in [2.75, 3.05) is 12.8 Å². The number of thioether (sulfide) groups is 1. The number of furan rings is 1. The summed E-state index contributed by atoms with van der Waals surface area (Å²) in [5.41, 5.74) is -0.320. The van der Waals surface area contributed by atoms with Gasteiger partial charge in [0.25, 0.3) is 5.56 Å². The molecule has 1 aromatic carbocycles. The molecule has 7 nitrogen and oxygen atoms in total. The number of carbonyl (C=O) groups is 1. The number of hydrogen-bond acceptors (Lipinski definition) is 6. The zero-order chi connectivity index (χ0) is 21.8. The first-order valence-corrected chi connectivity index (χ1v) is 11.4. The molecule has 0 bridgehead atoms. The molecule has 0 unspecified atom stereocenters. The van der Waals surface area contributed by atoms with Crippen molar-refractivity contribution in [3.8, 4) is 6.07 Å². The molecule has 1 fully saturated rings. The molecular weight excluding hydrogens is 412 g/mol. The van der Waals surface area contributed by atoms with E-state index in [1.54, 1.807) is 53.1 Å². The lowest BCUT2D eigenvalue weighted by molar-refractivity contribution is -0.131. The SMILES string of the molecule is CN(C(=O)CSc1nc2ccccc2c(=O)n1Cc1ccco1)C1(C#N)CCCCC1. The topological polar surface area (TPSA) is 92.1 Å². The lowest BCUT2D eigenvalue weighted by Gasteiger charge is -2.39. The minimum atomic E-state index is -0.736. The van der Waals surface area contributed by atoms with Crippen LogP contribution in [0.15, 0.2) is 57.0 Å². The van der Waals surface area contributed by atoms with Crippen molar-refractivity contribution in [1.82, 2.24) is 14.5 Å². The van der Waals surface area contributed by atoms with Gasteiger partial charge in [0, 0.05) is 7.05 Å². The molecule has 0 saturated heterocycles. The second-order valence-corrected chi connectivity index (χ2v) is 8.77. The lowest BCUT2D eigenvalue weighted by Crippen LogP contribution is -2.50. The first-order valence-electron chi connectivity index (χ1n) is 10.4. The Morgan fingerprint density at radius 3 is 2.74 bits per heavy atom. The standard InChI is InChI=1S/C23H24N4O3S/c1-26(23(16-24)11-5-2-6-12-23)20(28)15-31-22-25-19-10-4-3-9-18(19)21(29)27(22)14-17-8-7-13-30-17/h3-4,7-10,13H,2,5-6,11-12,14-15H2,1H3. The second kappa shape index (κ2) is 8.98. The average Bonchev–Trinajstić information content (AvgIpc) is 3.33. The van der Waals surface area contributed by atoms with E-state index in [1.165, 1.54) is 11.8 Å². The monoisotopic (exact) mass is 436 g/mol. The summed E-state index contributed by atoms with van der Waals surface area (Å²) in [5.74, 6) is 0.596. The zero-order valence-electron chi connectivity index (χ0n) is 17.4. The highest BCUT2D eigenvalue weighted by atomic mass is 32.2. The Morgan fingerprint density at radius 2 is 2.03 bits per heavy atom. The van der Waals surface area contributed by atoms with E-state index in [4.69, 9.17) is 4.42 Å². The minimum Gasteiger partial charge on any atom is -0.467 e. The largest absolute Gasteiger partial charge is 0.467 e. The van der Waals surface area contributed by atoms with E-state index in [1.807, 2.05) is 6.07 Å². The van der Waals surface area contributed by atoms with Gasteiger partial charge in [-0.25, -0.2) is 4.98 Å². The van der Waals surface area contributed by atoms with Crippen LogP contribution in [0.2, 0.25) is 0 Å². The molecule has 1 saturated carbocycles. The van der Waals surface area contributed by atoms with E-state index < -0.39 is 5.54 Å². The van der Waals surface area contributed by atoms with Gasteiger partial charge in [-0.05, 0) is 37.1 Å². The van der Waals surface area contributed by atoms with Crippen molar-refractivity contribution < 1.29 is 9.21 Å². The summed E-state index contributed by atoms with van der Waals surface area (Å²) in [7, 11) is 1.71. The highest BCUT2D eigenvalue weighted by Gasteiger charge is 2.38. The van der Waals surface area contributed by atoms with Crippen LogP contribution in [0.3, 0.4) is 0 Å². The molecular formula is C23H24N4O3S. The highest BCUT2D eigenvalue weighted by Crippen LogP contribution is 2.33. The van der Waals surface area contributed by atoms with Crippen LogP contribution in [0.4, 0.5) is 0 Å². The second-order valence-electron chi connectivity index (χ2n) is 7.83. The number of para-hydroxylation sites is 1. The third-order valence-electron chi connectivity index (χ3n) is 5.95. The molecule has 0 atom stereocenters. The van der Waals surface area contributed by atoms with E-state index in [9.17, 15) is 14.9 Å². The summed E-state index contributed by atoms with van der Waals surface area (Å²) in [5, 5.41) is 10.7. The molecule has 1 aliphatic rings. The minimum absolute atomic E-state index is 0.100. The normalized spacial score (nSPS) is 15.5. The summed E-state index contributed by atoms with van der Waals surface area (Å²) in [6.07, 6.45) is 5.97.